The summed E-state index contributed by atoms with van der Waals surface area (Å²) in [7, 11) is 3.37. The summed E-state index contributed by atoms with van der Waals surface area (Å²) in [6.07, 6.45) is 0.766. The molecule has 0 fully saturated rings. The van der Waals surface area contributed by atoms with E-state index in [-0.39, 0.29) is 17.2 Å². The van der Waals surface area contributed by atoms with Gasteiger partial charge in [0.1, 0.15) is 5.75 Å². The topological polar surface area (TPSA) is 55.6 Å². The maximum Gasteiger partial charge on any atom is 0.231 e. The van der Waals surface area contributed by atoms with Crippen LogP contribution in [0.25, 0.3) is 0 Å². The summed E-state index contributed by atoms with van der Waals surface area (Å²) in [5.41, 5.74) is 6.63. The SMILES string of the molecule is COc1ccccc1N(C)C(=O)C(CN)CC(C)(C)C. The first-order valence-electron chi connectivity index (χ1n) is 6.91. The number of carbonyl (C=O) groups excluding carboxylic acids is 1. The van der Waals surface area contributed by atoms with E-state index in [9.17, 15) is 4.79 Å². The summed E-state index contributed by atoms with van der Waals surface area (Å²) < 4.78 is 5.31. The molecule has 2 N–H and O–H groups in total. The normalized spacial score (nSPS) is 12.9. The molecule has 1 unspecified atom stereocenters. The number of anilines is 1. The Kier molecular flexibility index (Phi) is 5.57. The standard InChI is InChI=1S/C16H26N2O2/c1-16(2,3)10-12(11-17)15(19)18(4)13-8-6-7-9-14(13)20-5/h6-9,12H,10-11,17H2,1-5H3. The smallest absolute Gasteiger partial charge is 0.231 e. The lowest BCUT2D eigenvalue weighted by atomic mass is 9.84. The maximum atomic E-state index is 12.6. The average molecular weight is 278 g/mol. The molecule has 0 aromatic heterocycles. The Morgan fingerprint density at radius 2 is 1.95 bits per heavy atom. The highest BCUT2D eigenvalue weighted by Gasteiger charge is 2.27. The van der Waals surface area contributed by atoms with E-state index in [1.54, 1.807) is 19.1 Å². The number of amides is 1. The van der Waals surface area contributed by atoms with Crippen LogP contribution in [0.5, 0.6) is 5.75 Å². The van der Waals surface area contributed by atoms with Crippen LogP contribution in [-0.4, -0.2) is 26.6 Å². The lowest BCUT2D eigenvalue weighted by Gasteiger charge is -2.28. The molecule has 0 radical (unpaired) electrons. The molecule has 4 nitrogen and oxygen atoms in total. The Bertz CT molecular complexity index is 452. The zero-order valence-corrected chi connectivity index (χ0v) is 13.1. The summed E-state index contributed by atoms with van der Waals surface area (Å²) in [6.45, 7) is 6.71. The second kappa shape index (κ2) is 6.75. The number of nitrogens with zero attached hydrogens (tertiary/aromatic N) is 1. The lowest BCUT2D eigenvalue weighted by Crippen LogP contribution is -2.38. The van der Waals surface area contributed by atoms with Gasteiger partial charge in [-0.3, -0.25) is 4.79 Å². The maximum absolute atomic E-state index is 12.6. The fraction of sp³-hybridized carbons (Fsp3) is 0.562. The molecule has 1 aromatic rings. The van der Waals surface area contributed by atoms with Gasteiger partial charge in [-0.25, -0.2) is 0 Å². The van der Waals surface area contributed by atoms with Crippen LogP contribution in [0.2, 0.25) is 0 Å². The van der Waals surface area contributed by atoms with Crippen molar-refractivity contribution in [3.63, 3.8) is 0 Å². The van der Waals surface area contributed by atoms with Crippen LogP contribution >= 0.6 is 0 Å². The van der Waals surface area contributed by atoms with Crippen LogP contribution < -0.4 is 15.4 Å². The predicted octanol–water partition coefficient (Wildman–Crippen LogP) is 2.67. The van der Waals surface area contributed by atoms with Crippen molar-refractivity contribution < 1.29 is 9.53 Å². The third-order valence-corrected chi connectivity index (χ3v) is 3.27. The third-order valence-electron chi connectivity index (χ3n) is 3.27. The van der Waals surface area contributed by atoms with E-state index in [4.69, 9.17) is 10.5 Å². The van der Waals surface area contributed by atoms with Gasteiger partial charge in [-0.05, 0) is 24.0 Å². The highest BCUT2D eigenvalue weighted by molar-refractivity contribution is 5.96. The summed E-state index contributed by atoms with van der Waals surface area (Å²) >= 11 is 0. The fourth-order valence-electron chi connectivity index (χ4n) is 2.31. The predicted molar refractivity (Wildman–Crippen MR) is 83.0 cm³/mol. The summed E-state index contributed by atoms with van der Waals surface area (Å²) in [5.74, 6) is 0.548. The minimum atomic E-state index is -0.176. The highest BCUT2D eigenvalue weighted by Crippen LogP contribution is 2.30. The number of rotatable bonds is 5. The minimum Gasteiger partial charge on any atom is -0.495 e. The Morgan fingerprint density at radius 1 is 1.35 bits per heavy atom. The average Bonchev–Trinajstić information content (AvgIpc) is 2.42. The molecule has 0 saturated carbocycles. The van der Waals surface area contributed by atoms with Crippen LogP contribution in [0, 0.1) is 11.3 Å². The van der Waals surface area contributed by atoms with Crippen molar-refractivity contribution in [1.82, 2.24) is 0 Å². The van der Waals surface area contributed by atoms with Gasteiger partial charge >= 0.3 is 0 Å². The Hall–Kier alpha value is -1.55. The first-order chi connectivity index (χ1) is 9.30. The van der Waals surface area contributed by atoms with Crippen LogP contribution in [0.15, 0.2) is 24.3 Å². The van der Waals surface area contributed by atoms with Crippen molar-refractivity contribution in [3.8, 4) is 5.75 Å². The molecule has 0 spiro atoms. The summed E-state index contributed by atoms with van der Waals surface area (Å²) in [5, 5.41) is 0. The first kappa shape index (κ1) is 16.5. The second-order valence-corrected chi connectivity index (χ2v) is 6.27. The monoisotopic (exact) mass is 278 g/mol. The number of hydrogen-bond donors (Lipinski definition) is 1. The van der Waals surface area contributed by atoms with E-state index in [1.807, 2.05) is 24.3 Å². The van der Waals surface area contributed by atoms with Gasteiger partial charge in [0.05, 0.1) is 18.7 Å². The summed E-state index contributed by atoms with van der Waals surface area (Å²) in [4.78, 5) is 14.3. The number of nitrogens with two attached hydrogens (primary N) is 1. The molecule has 1 amide bonds. The lowest BCUT2D eigenvalue weighted by molar-refractivity contribution is -0.122. The number of hydrogen-bond acceptors (Lipinski definition) is 3. The number of para-hydroxylation sites is 2. The van der Waals surface area contributed by atoms with Crippen molar-refractivity contribution >= 4 is 11.6 Å². The zero-order chi connectivity index (χ0) is 15.3. The molecule has 112 valence electrons. The number of carbonyl (C=O) groups is 1. The van der Waals surface area contributed by atoms with E-state index >= 15 is 0 Å². The van der Waals surface area contributed by atoms with Crippen molar-refractivity contribution in [2.45, 2.75) is 27.2 Å². The van der Waals surface area contributed by atoms with Crippen LogP contribution in [0.4, 0.5) is 5.69 Å². The molecule has 0 bridgehead atoms. The molecule has 1 atom stereocenters. The van der Waals surface area contributed by atoms with Gasteiger partial charge in [0.15, 0.2) is 0 Å². The molecule has 0 aliphatic heterocycles. The molecule has 0 heterocycles. The van der Waals surface area contributed by atoms with Gasteiger partial charge in [0.2, 0.25) is 5.91 Å². The quantitative estimate of drug-likeness (QED) is 0.901. The molecule has 20 heavy (non-hydrogen) atoms. The van der Waals surface area contributed by atoms with Gasteiger partial charge < -0.3 is 15.4 Å². The van der Waals surface area contributed by atoms with E-state index in [0.717, 1.165) is 12.1 Å². The first-order valence-corrected chi connectivity index (χ1v) is 6.91. The molecular formula is C16H26N2O2. The fourth-order valence-corrected chi connectivity index (χ4v) is 2.31. The molecular weight excluding hydrogens is 252 g/mol. The minimum absolute atomic E-state index is 0.0342. The van der Waals surface area contributed by atoms with Crippen LogP contribution in [-0.2, 0) is 4.79 Å². The highest BCUT2D eigenvalue weighted by atomic mass is 16.5. The second-order valence-electron chi connectivity index (χ2n) is 6.27. The molecule has 0 aliphatic rings. The summed E-state index contributed by atoms with van der Waals surface area (Å²) in [6, 6.07) is 7.50. The van der Waals surface area contributed by atoms with E-state index < -0.39 is 0 Å². The Labute approximate surface area is 121 Å². The zero-order valence-electron chi connectivity index (χ0n) is 13.1. The van der Waals surface area contributed by atoms with Gasteiger partial charge in [-0.1, -0.05) is 32.9 Å². The largest absolute Gasteiger partial charge is 0.495 e. The number of benzene rings is 1. The van der Waals surface area contributed by atoms with Crippen LogP contribution in [0.1, 0.15) is 27.2 Å². The van der Waals surface area contributed by atoms with Gasteiger partial charge in [-0.2, -0.15) is 0 Å². The molecule has 1 rings (SSSR count). The van der Waals surface area contributed by atoms with Crippen molar-refractivity contribution in [2.75, 3.05) is 25.6 Å². The molecule has 1 aromatic carbocycles. The van der Waals surface area contributed by atoms with Gasteiger partial charge in [-0.15, -0.1) is 0 Å². The number of ether oxygens (including phenoxy) is 1. The Balaban J connectivity index is 2.94. The third kappa shape index (κ3) is 4.23. The van der Waals surface area contributed by atoms with Crippen molar-refractivity contribution in [3.05, 3.63) is 24.3 Å². The Morgan fingerprint density at radius 3 is 2.45 bits per heavy atom. The van der Waals surface area contributed by atoms with Gasteiger partial charge in [0.25, 0.3) is 0 Å². The molecule has 0 saturated heterocycles. The molecule has 0 aliphatic carbocycles. The van der Waals surface area contributed by atoms with Crippen molar-refractivity contribution in [1.29, 1.82) is 0 Å². The van der Waals surface area contributed by atoms with E-state index in [0.29, 0.717) is 12.3 Å². The van der Waals surface area contributed by atoms with E-state index in [2.05, 4.69) is 20.8 Å². The molecule has 4 heteroatoms. The van der Waals surface area contributed by atoms with Crippen LogP contribution in [0.3, 0.4) is 0 Å². The van der Waals surface area contributed by atoms with Crippen molar-refractivity contribution in [2.24, 2.45) is 17.1 Å². The van der Waals surface area contributed by atoms with E-state index in [1.165, 1.54) is 0 Å². The number of methoxy groups -OCH3 is 1. The van der Waals surface area contributed by atoms with Gasteiger partial charge in [0, 0.05) is 13.6 Å².